The van der Waals surface area contributed by atoms with Gasteiger partial charge in [0.05, 0.1) is 18.4 Å². The summed E-state index contributed by atoms with van der Waals surface area (Å²) in [6.07, 6.45) is 4.37. The first-order valence-corrected chi connectivity index (χ1v) is 8.80. The number of nitrogens with zero attached hydrogens (tertiary/aromatic N) is 4. The average Bonchev–Trinajstić information content (AvgIpc) is 3.42. The van der Waals surface area contributed by atoms with Gasteiger partial charge in [-0.3, -0.25) is 14.3 Å². The molecule has 0 saturated carbocycles. The Morgan fingerprint density at radius 3 is 2.83 bits per heavy atom. The van der Waals surface area contributed by atoms with Crippen molar-refractivity contribution in [1.82, 2.24) is 19.7 Å². The van der Waals surface area contributed by atoms with E-state index >= 15 is 0 Å². The topological polar surface area (TPSA) is 116 Å². The summed E-state index contributed by atoms with van der Waals surface area (Å²) in [5, 5.41) is 6.93. The maximum atomic E-state index is 12.6. The fourth-order valence-corrected chi connectivity index (χ4v) is 2.78. The molecule has 4 rings (SSSR count). The SMILES string of the molecule is CC(=O)c1ccc(Cn2cc(NC(=O)c3ncoc3-c3cccc(C)n3)cn2)o1. The fraction of sp³-hybridized carbons (Fsp3) is 0.150. The molecule has 9 heteroatoms. The molecule has 0 unspecified atom stereocenters. The van der Waals surface area contributed by atoms with Gasteiger partial charge in [-0.2, -0.15) is 5.10 Å². The maximum Gasteiger partial charge on any atom is 0.278 e. The van der Waals surface area contributed by atoms with Gasteiger partial charge in [0.15, 0.2) is 29.4 Å². The Hall–Kier alpha value is -4.01. The highest BCUT2D eigenvalue weighted by atomic mass is 16.4. The van der Waals surface area contributed by atoms with Crippen molar-refractivity contribution in [2.75, 3.05) is 5.32 Å². The van der Waals surface area contributed by atoms with Crippen molar-refractivity contribution in [1.29, 1.82) is 0 Å². The van der Waals surface area contributed by atoms with Crippen molar-refractivity contribution in [3.63, 3.8) is 0 Å². The molecule has 0 saturated heterocycles. The van der Waals surface area contributed by atoms with Gasteiger partial charge in [-0.1, -0.05) is 6.07 Å². The number of oxazole rings is 1. The lowest BCUT2D eigenvalue weighted by molar-refractivity contribution is 0.0983. The van der Waals surface area contributed by atoms with E-state index in [2.05, 4.69) is 20.4 Å². The van der Waals surface area contributed by atoms with Crippen LogP contribution < -0.4 is 5.32 Å². The van der Waals surface area contributed by atoms with Crippen molar-refractivity contribution in [3.05, 3.63) is 72.0 Å². The predicted molar refractivity (Wildman–Crippen MR) is 102 cm³/mol. The maximum absolute atomic E-state index is 12.6. The molecule has 0 fully saturated rings. The Kier molecular flexibility index (Phi) is 4.78. The number of amides is 1. The van der Waals surface area contributed by atoms with Crippen molar-refractivity contribution >= 4 is 17.4 Å². The summed E-state index contributed by atoms with van der Waals surface area (Å²) in [7, 11) is 0. The largest absolute Gasteiger partial charge is 0.456 e. The Balaban J connectivity index is 1.47. The zero-order valence-corrected chi connectivity index (χ0v) is 15.7. The number of furan rings is 1. The number of rotatable bonds is 6. The van der Waals surface area contributed by atoms with E-state index in [1.807, 2.05) is 19.1 Å². The quantitative estimate of drug-likeness (QED) is 0.501. The van der Waals surface area contributed by atoms with Gasteiger partial charge in [-0.25, -0.2) is 9.97 Å². The van der Waals surface area contributed by atoms with E-state index in [9.17, 15) is 9.59 Å². The first-order valence-electron chi connectivity index (χ1n) is 8.80. The number of carbonyl (C=O) groups excluding carboxylic acids is 2. The van der Waals surface area contributed by atoms with Gasteiger partial charge >= 0.3 is 0 Å². The van der Waals surface area contributed by atoms with Crippen LogP contribution in [-0.4, -0.2) is 31.4 Å². The number of anilines is 1. The van der Waals surface area contributed by atoms with Crippen molar-refractivity contribution < 1.29 is 18.4 Å². The van der Waals surface area contributed by atoms with Gasteiger partial charge in [0.1, 0.15) is 11.5 Å². The van der Waals surface area contributed by atoms with Gasteiger partial charge in [-0.15, -0.1) is 0 Å². The summed E-state index contributed by atoms with van der Waals surface area (Å²) in [5.41, 5.74) is 1.95. The van der Waals surface area contributed by atoms with Crippen LogP contribution >= 0.6 is 0 Å². The van der Waals surface area contributed by atoms with E-state index < -0.39 is 5.91 Å². The molecule has 1 N–H and O–H groups in total. The molecule has 1 amide bonds. The van der Waals surface area contributed by atoms with Crippen LogP contribution in [0.5, 0.6) is 0 Å². The van der Waals surface area contributed by atoms with E-state index in [0.717, 1.165) is 5.69 Å². The second-order valence-corrected chi connectivity index (χ2v) is 6.40. The first kappa shape index (κ1) is 18.4. The highest BCUT2D eigenvalue weighted by Gasteiger charge is 2.20. The molecule has 0 spiro atoms. The molecule has 146 valence electrons. The first-order chi connectivity index (χ1) is 14.0. The number of aromatic nitrogens is 4. The highest BCUT2D eigenvalue weighted by Crippen LogP contribution is 2.22. The summed E-state index contributed by atoms with van der Waals surface area (Å²) >= 11 is 0. The Bertz CT molecular complexity index is 1190. The minimum absolute atomic E-state index is 0.132. The number of hydrogen-bond acceptors (Lipinski definition) is 7. The lowest BCUT2D eigenvalue weighted by Gasteiger charge is -2.02. The van der Waals surface area contributed by atoms with Crippen LogP contribution in [0.15, 0.2) is 58.0 Å². The third kappa shape index (κ3) is 3.98. The van der Waals surface area contributed by atoms with Gasteiger partial charge in [0, 0.05) is 18.8 Å². The Labute approximate surface area is 165 Å². The zero-order chi connectivity index (χ0) is 20.4. The number of aryl methyl sites for hydroxylation is 1. The predicted octanol–water partition coefficient (Wildman–Crippen LogP) is 3.34. The average molecular weight is 391 g/mol. The molecule has 0 aromatic carbocycles. The Morgan fingerprint density at radius 1 is 1.21 bits per heavy atom. The van der Waals surface area contributed by atoms with E-state index in [4.69, 9.17) is 8.83 Å². The summed E-state index contributed by atoms with van der Waals surface area (Å²) in [4.78, 5) is 32.3. The van der Waals surface area contributed by atoms with Gasteiger partial charge in [0.2, 0.25) is 0 Å². The van der Waals surface area contributed by atoms with Crippen LogP contribution in [0.1, 0.15) is 39.4 Å². The smallest absolute Gasteiger partial charge is 0.278 e. The fourth-order valence-electron chi connectivity index (χ4n) is 2.78. The molecule has 29 heavy (non-hydrogen) atoms. The Morgan fingerprint density at radius 2 is 2.07 bits per heavy atom. The molecule has 4 aromatic rings. The van der Waals surface area contributed by atoms with Gasteiger partial charge in [0.25, 0.3) is 5.91 Å². The van der Waals surface area contributed by atoms with Gasteiger partial charge < -0.3 is 14.2 Å². The third-order valence-corrected chi connectivity index (χ3v) is 4.12. The summed E-state index contributed by atoms with van der Waals surface area (Å²) in [5.74, 6) is 0.597. The molecule has 0 aliphatic rings. The van der Waals surface area contributed by atoms with E-state index in [1.165, 1.54) is 19.5 Å². The minimum atomic E-state index is -0.437. The van der Waals surface area contributed by atoms with Crippen LogP contribution in [0.4, 0.5) is 5.69 Å². The van der Waals surface area contributed by atoms with Crippen LogP contribution in [0.2, 0.25) is 0 Å². The molecule has 4 aromatic heterocycles. The van der Waals surface area contributed by atoms with Crippen molar-refractivity contribution in [3.8, 4) is 11.5 Å². The molecule has 0 bridgehead atoms. The molecular weight excluding hydrogens is 374 g/mol. The van der Waals surface area contributed by atoms with Crippen LogP contribution in [0.25, 0.3) is 11.5 Å². The zero-order valence-electron chi connectivity index (χ0n) is 15.7. The second kappa shape index (κ2) is 7.55. The standard InChI is InChI=1S/C20H17N5O4/c1-12-4-3-5-16(23-12)19-18(21-11-28-19)20(27)24-14-8-22-25(9-14)10-15-6-7-17(29-15)13(2)26/h3-9,11H,10H2,1-2H3,(H,24,27). The molecule has 0 atom stereocenters. The van der Waals surface area contributed by atoms with E-state index in [0.29, 0.717) is 35.2 Å². The third-order valence-electron chi connectivity index (χ3n) is 4.12. The van der Waals surface area contributed by atoms with Crippen LogP contribution in [0.3, 0.4) is 0 Å². The summed E-state index contributed by atoms with van der Waals surface area (Å²) in [6, 6.07) is 8.77. The number of carbonyl (C=O) groups is 2. The highest BCUT2D eigenvalue weighted by molar-refractivity contribution is 6.06. The molecule has 0 radical (unpaired) electrons. The minimum Gasteiger partial charge on any atom is -0.456 e. The van der Waals surface area contributed by atoms with Crippen LogP contribution in [-0.2, 0) is 6.54 Å². The number of Topliss-reactive ketones (excluding diaryl/α,β-unsaturated/α-hetero) is 1. The second-order valence-electron chi connectivity index (χ2n) is 6.40. The molecule has 9 nitrogen and oxygen atoms in total. The number of pyridine rings is 1. The molecule has 0 aliphatic carbocycles. The summed E-state index contributed by atoms with van der Waals surface area (Å²) in [6.45, 7) is 3.62. The van der Waals surface area contributed by atoms with Crippen molar-refractivity contribution in [2.45, 2.75) is 20.4 Å². The van der Waals surface area contributed by atoms with Crippen LogP contribution in [0, 0.1) is 6.92 Å². The number of nitrogens with one attached hydrogen (secondary N) is 1. The lowest BCUT2D eigenvalue weighted by Crippen LogP contribution is -2.13. The normalized spacial score (nSPS) is 10.8. The molecule has 4 heterocycles. The number of ketones is 1. The van der Waals surface area contributed by atoms with Crippen molar-refractivity contribution in [2.24, 2.45) is 0 Å². The number of hydrogen-bond donors (Lipinski definition) is 1. The lowest BCUT2D eigenvalue weighted by atomic mass is 10.2. The van der Waals surface area contributed by atoms with E-state index in [-0.39, 0.29) is 11.5 Å². The van der Waals surface area contributed by atoms with E-state index in [1.54, 1.807) is 29.1 Å². The molecule has 0 aliphatic heterocycles. The molecular formula is C20H17N5O4. The summed E-state index contributed by atoms with van der Waals surface area (Å²) < 4.78 is 12.4. The monoisotopic (exact) mass is 391 g/mol. The van der Waals surface area contributed by atoms with Gasteiger partial charge in [-0.05, 0) is 31.2 Å².